The molecule has 17 heteroatoms. The van der Waals surface area contributed by atoms with Gasteiger partial charge in [-0.25, -0.2) is 28.6 Å². The van der Waals surface area contributed by atoms with Crippen molar-refractivity contribution in [2.75, 3.05) is 44.4 Å². The number of morpholine rings is 1. The van der Waals surface area contributed by atoms with E-state index in [9.17, 15) is 9.59 Å². The van der Waals surface area contributed by atoms with Crippen molar-refractivity contribution in [3.05, 3.63) is 97.4 Å². The van der Waals surface area contributed by atoms with Crippen LogP contribution in [-0.2, 0) is 14.2 Å². The first-order valence-electron chi connectivity index (χ1n) is 15.6. The third-order valence-electron chi connectivity index (χ3n) is 7.61. The Labute approximate surface area is 316 Å². The number of esters is 2. The monoisotopic (exact) mass is 789 g/mol. The lowest BCUT2D eigenvalue weighted by Gasteiger charge is -2.30. The predicted molar refractivity (Wildman–Crippen MR) is 197 cm³/mol. The fourth-order valence-corrected chi connectivity index (χ4v) is 6.74. The smallest absolute Gasteiger partial charge is 0.342 e. The van der Waals surface area contributed by atoms with Crippen molar-refractivity contribution in [1.82, 2.24) is 29.2 Å². The first-order valence-corrected chi connectivity index (χ1v) is 17.5. The second-order valence-corrected chi connectivity index (χ2v) is 13.0. The average Bonchev–Trinajstić information content (AvgIpc) is 3.74. The van der Waals surface area contributed by atoms with Crippen molar-refractivity contribution in [3.8, 4) is 22.5 Å². The number of carbonyl (C=O) groups excluding carboxylic acids is 2. The molecule has 1 aliphatic heterocycles. The number of ether oxygens (including phenoxy) is 3. The third kappa shape index (κ3) is 7.86. The van der Waals surface area contributed by atoms with Gasteiger partial charge >= 0.3 is 11.9 Å². The lowest BCUT2D eigenvalue weighted by atomic mass is 10.1. The molecular weight excluding hydrogens is 764 g/mol. The van der Waals surface area contributed by atoms with Crippen LogP contribution in [0.5, 0.6) is 0 Å². The number of nitrogens with zero attached hydrogens (tertiary/aromatic N) is 7. The van der Waals surface area contributed by atoms with Crippen LogP contribution in [0.2, 0.25) is 25.1 Å². The van der Waals surface area contributed by atoms with E-state index in [4.69, 9.17) is 72.2 Å². The first kappa shape index (κ1) is 36.6. The highest BCUT2D eigenvalue weighted by atomic mass is 35.5. The molecule has 1 saturated heterocycles. The molecule has 0 amide bonds. The fraction of sp³-hybridized carbons (Fsp3) is 0.235. The van der Waals surface area contributed by atoms with Crippen molar-refractivity contribution in [2.45, 2.75) is 13.8 Å². The van der Waals surface area contributed by atoms with E-state index < -0.39 is 11.9 Å². The summed E-state index contributed by atoms with van der Waals surface area (Å²) in [7, 11) is 0. The Balaban J connectivity index is 0.000000179. The van der Waals surface area contributed by atoms with Crippen LogP contribution >= 0.6 is 58.0 Å². The van der Waals surface area contributed by atoms with E-state index in [-0.39, 0.29) is 23.8 Å². The summed E-state index contributed by atoms with van der Waals surface area (Å²) >= 11 is 30.6. The van der Waals surface area contributed by atoms with Crippen LogP contribution in [-0.4, -0.2) is 80.7 Å². The molecule has 0 radical (unpaired) electrons. The number of rotatable bonds is 7. The van der Waals surface area contributed by atoms with Gasteiger partial charge in [-0.05, 0) is 50.2 Å². The number of hydrogen-bond acceptors (Lipinski definition) is 10. The number of hydrogen-bond donors (Lipinski definition) is 0. The van der Waals surface area contributed by atoms with Gasteiger partial charge in [0.15, 0.2) is 11.3 Å². The Hall–Kier alpha value is -4.17. The molecule has 0 saturated carbocycles. The number of anilines is 1. The molecule has 0 atom stereocenters. The van der Waals surface area contributed by atoms with Gasteiger partial charge in [0, 0.05) is 44.3 Å². The normalized spacial score (nSPS) is 12.9. The van der Waals surface area contributed by atoms with Crippen molar-refractivity contribution < 1.29 is 23.8 Å². The maximum Gasteiger partial charge on any atom is 0.342 e. The molecule has 0 N–H and O–H groups in total. The van der Waals surface area contributed by atoms with Gasteiger partial charge in [0.25, 0.3) is 0 Å². The van der Waals surface area contributed by atoms with Gasteiger partial charge < -0.3 is 19.1 Å². The van der Waals surface area contributed by atoms with E-state index in [2.05, 4.69) is 25.1 Å². The van der Waals surface area contributed by atoms with E-state index in [1.54, 1.807) is 67.2 Å². The highest BCUT2D eigenvalue weighted by Gasteiger charge is 2.26. The first-order chi connectivity index (χ1) is 24.6. The van der Waals surface area contributed by atoms with Crippen molar-refractivity contribution in [2.24, 2.45) is 0 Å². The van der Waals surface area contributed by atoms with E-state index in [0.717, 1.165) is 16.8 Å². The maximum absolute atomic E-state index is 12.5. The number of aromatic nitrogens is 6. The number of halogens is 5. The van der Waals surface area contributed by atoms with Gasteiger partial charge in [0.1, 0.15) is 16.1 Å². The quantitative estimate of drug-likeness (QED) is 0.146. The minimum absolute atomic E-state index is 0.169. The molecule has 5 heterocycles. The standard InChI is InChI=1S/C19H18Cl2N4O3.C15H10Cl3N3O2/c1-2-28-19(26)15-10-23-25-16(12-7-13(20)9-14(21)8-12)11-22-18(25)17(15)24-3-5-27-6-4-24;1-2-23-15(22)11-6-20-21-12(7-19-14(21)13(11)18)8-3-9(16)5-10(17)4-8/h7-11H,2-6H2,1H3;3-7H,2H2,1H3. The van der Waals surface area contributed by atoms with Gasteiger partial charge in [-0.1, -0.05) is 58.0 Å². The van der Waals surface area contributed by atoms with Crippen molar-refractivity contribution >= 4 is 86.9 Å². The summed E-state index contributed by atoms with van der Waals surface area (Å²) in [5, 5.41) is 10.9. The average molecular weight is 792 g/mol. The second-order valence-electron chi connectivity index (χ2n) is 10.9. The zero-order valence-corrected chi connectivity index (χ0v) is 30.9. The Bertz CT molecular complexity index is 2210. The Morgan fingerprint density at radius 1 is 0.667 bits per heavy atom. The van der Waals surface area contributed by atoms with Crippen LogP contribution in [0, 0.1) is 0 Å². The van der Waals surface area contributed by atoms with Crippen LogP contribution in [0.25, 0.3) is 33.8 Å². The van der Waals surface area contributed by atoms with Crippen LogP contribution < -0.4 is 4.90 Å². The molecule has 6 aromatic rings. The fourth-order valence-electron chi connectivity index (χ4n) is 5.43. The van der Waals surface area contributed by atoms with Gasteiger partial charge in [0.2, 0.25) is 0 Å². The van der Waals surface area contributed by atoms with Crippen molar-refractivity contribution in [3.63, 3.8) is 0 Å². The molecule has 1 fully saturated rings. The molecule has 4 aromatic heterocycles. The van der Waals surface area contributed by atoms with E-state index >= 15 is 0 Å². The molecule has 0 unspecified atom stereocenters. The van der Waals surface area contributed by atoms with Gasteiger partial charge in [-0.2, -0.15) is 10.2 Å². The highest BCUT2D eigenvalue weighted by molar-refractivity contribution is 6.37. The molecule has 1 aliphatic rings. The summed E-state index contributed by atoms with van der Waals surface area (Å²) in [4.78, 5) is 35.2. The number of benzene rings is 2. The molecule has 264 valence electrons. The highest BCUT2D eigenvalue weighted by Crippen LogP contribution is 2.33. The Morgan fingerprint density at radius 2 is 1.12 bits per heavy atom. The summed E-state index contributed by atoms with van der Waals surface area (Å²) in [6.45, 7) is 6.48. The molecule has 2 aromatic carbocycles. The lowest BCUT2D eigenvalue weighted by Crippen LogP contribution is -2.37. The molecule has 0 bridgehead atoms. The molecule has 12 nitrogen and oxygen atoms in total. The lowest BCUT2D eigenvalue weighted by molar-refractivity contribution is 0.0516. The summed E-state index contributed by atoms with van der Waals surface area (Å²) in [5.41, 5.74) is 5.07. The summed E-state index contributed by atoms with van der Waals surface area (Å²) in [5.74, 6) is -0.961. The molecular formula is C34H28Cl5N7O5. The zero-order valence-electron chi connectivity index (χ0n) is 27.1. The van der Waals surface area contributed by atoms with Gasteiger partial charge in [-0.3, -0.25) is 0 Å². The third-order valence-corrected chi connectivity index (χ3v) is 8.86. The van der Waals surface area contributed by atoms with Crippen LogP contribution in [0.15, 0.2) is 61.2 Å². The predicted octanol–water partition coefficient (Wildman–Crippen LogP) is 8.25. The van der Waals surface area contributed by atoms with Crippen molar-refractivity contribution in [1.29, 1.82) is 0 Å². The number of imidazole rings is 2. The van der Waals surface area contributed by atoms with E-state index in [0.29, 0.717) is 74.6 Å². The Kier molecular flexibility index (Phi) is 11.5. The molecule has 0 spiro atoms. The topological polar surface area (TPSA) is 125 Å². The van der Waals surface area contributed by atoms with Crippen LogP contribution in [0.4, 0.5) is 5.69 Å². The second kappa shape index (κ2) is 16.0. The largest absolute Gasteiger partial charge is 0.462 e. The van der Waals surface area contributed by atoms with Gasteiger partial charge in [0.05, 0.1) is 68.3 Å². The number of carbonyl (C=O) groups is 2. The summed E-state index contributed by atoms with van der Waals surface area (Å²) in [6, 6.07) is 10.4. The van der Waals surface area contributed by atoms with E-state index in [1.165, 1.54) is 16.9 Å². The van der Waals surface area contributed by atoms with Gasteiger partial charge in [-0.15, -0.1) is 0 Å². The van der Waals surface area contributed by atoms with Crippen LogP contribution in [0.3, 0.4) is 0 Å². The SMILES string of the molecule is CCOC(=O)c1cnn2c(-c3cc(Cl)cc(Cl)c3)cnc2c1Cl.CCOC(=O)c1cnn2c(-c3cc(Cl)cc(Cl)c3)cnc2c1N1CCOCC1. The molecule has 0 aliphatic carbocycles. The van der Waals surface area contributed by atoms with Crippen LogP contribution in [0.1, 0.15) is 34.6 Å². The number of fused-ring (bicyclic) bond motifs is 2. The minimum Gasteiger partial charge on any atom is -0.462 e. The summed E-state index contributed by atoms with van der Waals surface area (Å²) < 4.78 is 18.8. The zero-order chi connectivity index (χ0) is 36.2. The molecule has 51 heavy (non-hydrogen) atoms. The van der Waals surface area contributed by atoms with E-state index in [1.807, 2.05) is 0 Å². The maximum atomic E-state index is 12.5. The Morgan fingerprint density at radius 3 is 1.63 bits per heavy atom. The summed E-state index contributed by atoms with van der Waals surface area (Å²) in [6.07, 6.45) is 6.16. The molecule has 7 rings (SSSR count). The minimum atomic E-state index is -0.539.